The van der Waals surface area contributed by atoms with E-state index in [0.717, 1.165) is 31.2 Å². The van der Waals surface area contributed by atoms with E-state index in [-0.39, 0.29) is 52.9 Å². The number of anilines is 1. The molecule has 2 saturated carbocycles. The zero-order valence-electron chi connectivity index (χ0n) is 24.8. The van der Waals surface area contributed by atoms with E-state index >= 15 is 4.39 Å². The Bertz CT molecular complexity index is 1430. The average molecular weight is 634 g/mol. The molecule has 0 bridgehead atoms. The van der Waals surface area contributed by atoms with Crippen molar-refractivity contribution in [2.75, 3.05) is 25.6 Å². The lowest BCUT2D eigenvalue weighted by molar-refractivity contribution is -0.139. The fourth-order valence-corrected chi connectivity index (χ4v) is 9.15. The van der Waals surface area contributed by atoms with Gasteiger partial charge in [-0.15, -0.1) is 0 Å². The number of nitrogens with one attached hydrogen (secondary N) is 1. The SMILES string of the molecule is CO[C@@H]1C[C@@H](CC(=O)[C@@H]2CC3(CCC(C)(C)CC3)[C@@]3(C(=O)Nc4cc(Cl)ccc43)[C@H]2c2ccnc(Cl)c2F)CO[C@@H]1CO. The lowest BCUT2D eigenvalue weighted by atomic mass is 9.51. The molecule has 7 nitrogen and oxygen atoms in total. The highest BCUT2D eigenvalue weighted by atomic mass is 35.5. The van der Waals surface area contributed by atoms with Gasteiger partial charge in [-0.2, -0.15) is 0 Å². The first-order valence-corrected chi connectivity index (χ1v) is 15.9. The number of ketones is 1. The summed E-state index contributed by atoms with van der Waals surface area (Å²) in [6.07, 6.45) is 5.13. The van der Waals surface area contributed by atoms with Crippen LogP contribution in [0.3, 0.4) is 0 Å². The molecule has 1 aromatic carbocycles. The van der Waals surface area contributed by atoms with E-state index in [1.165, 1.54) is 6.20 Å². The second-order valence-corrected chi connectivity index (χ2v) is 14.6. The molecule has 1 amide bonds. The van der Waals surface area contributed by atoms with Crippen molar-refractivity contribution >= 4 is 40.6 Å². The van der Waals surface area contributed by atoms with Crippen molar-refractivity contribution in [3.05, 3.63) is 57.6 Å². The number of pyridine rings is 1. The number of carbonyl (C=O) groups is 2. The molecule has 10 heteroatoms. The molecule has 2 aromatic rings. The van der Waals surface area contributed by atoms with Gasteiger partial charge in [-0.25, -0.2) is 9.37 Å². The van der Waals surface area contributed by atoms with Crippen LogP contribution in [0.5, 0.6) is 0 Å². The first-order valence-electron chi connectivity index (χ1n) is 15.2. The average Bonchev–Trinajstić information content (AvgIpc) is 3.44. The number of aromatic nitrogens is 1. The number of amides is 1. The molecule has 43 heavy (non-hydrogen) atoms. The van der Waals surface area contributed by atoms with Gasteiger partial charge in [0.1, 0.15) is 11.9 Å². The normalized spacial score (nSPS) is 32.6. The number of carbonyl (C=O) groups excluding carboxylic acids is 2. The molecule has 0 radical (unpaired) electrons. The third-order valence-corrected chi connectivity index (χ3v) is 11.5. The summed E-state index contributed by atoms with van der Waals surface area (Å²) < 4.78 is 27.5. The van der Waals surface area contributed by atoms with E-state index in [1.807, 2.05) is 6.07 Å². The number of Topliss-reactive ketones (excluding diaryl/α,β-unsaturated/α-hetero) is 1. The molecule has 2 aliphatic carbocycles. The Hall–Kier alpha value is -2.10. The maximum absolute atomic E-state index is 16.1. The van der Waals surface area contributed by atoms with Gasteiger partial charge >= 0.3 is 0 Å². The predicted molar refractivity (Wildman–Crippen MR) is 162 cm³/mol. The van der Waals surface area contributed by atoms with Crippen LogP contribution in [0.15, 0.2) is 30.5 Å². The summed E-state index contributed by atoms with van der Waals surface area (Å²) in [6.45, 7) is 4.63. The molecule has 1 aromatic heterocycles. The van der Waals surface area contributed by atoms with Crippen LogP contribution in [-0.2, 0) is 24.5 Å². The molecular weight excluding hydrogens is 594 g/mol. The smallest absolute Gasteiger partial charge is 0.236 e. The Morgan fingerprint density at radius 1 is 1.21 bits per heavy atom. The van der Waals surface area contributed by atoms with Gasteiger partial charge in [0.05, 0.1) is 24.7 Å². The van der Waals surface area contributed by atoms with Gasteiger partial charge < -0.3 is 19.9 Å². The highest BCUT2D eigenvalue weighted by Crippen LogP contribution is 2.72. The van der Waals surface area contributed by atoms with Gasteiger partial charge in [-0.3, -0.25) is 9.59 Å². The van der Waals surface area contributed by atoms with Crippen LogP contribution in [0.25, 0.3) is 0 Å². The van der Waals surface area contributed by atoms with Gasteiger partial charge in [0.25, 0.3) is 0 Å². The molecule has 3 fully saturated rings. The first-order chi connectivity index (χ1) is 20.5. The van der Waals surface area contributed by atoms with Crippen molar-refractivity contribution in [3.63, 3.8) is 0 Å². The maximum Gasteiger partial charge on any atom is 0.236 e. The Kier molecular flexibility index (Phi) is 8.17. The summed E-state index contributed by atoms with van der Waals surface area (Å²) >= 11 is 12.6. The largest absolute Gasteiger partial charge is 0.394 e. The van der Waals surface area contributed by atoms with E-state index in [0.29, 0.717) is 30.2 Å². The van der Waals surface area contributed by atoms with Crippen molar-refractivity contribution in [2.24, 2.45) is 22.7 Å². The molecular formula is C33H39Cl2FN2O5. The minimum atomic E-state index is -1.20. The Labute approximate surface area is 261 Å². The number of nitrogens with zero attached hydrogens (tertiary/aromatic N) is 1. The molecule has 1 saturated heterocycles. The van der Waals surface area contributed by atoms with Crippen LogP contribution in [-0.4, -0.2) is 54.3 Å². The van der Waals surface area contributed by atoms with E-state index in [9.17, 15) is 14.7 Å². The molecule has 2 aliphatic heterocycles. The van der Waals surface area contributed by atoms with Crippen LogP contribution in [0.4, 0.5) is 10.1 Å². The number of methoxy groups -OCH3 is 1. The number of aliphatic hydroxyl groups is 1. The summed E-state index contributed by atoms with van der Waals surface area (Å²) in [5, 5.41) is 13.0. The minimum Gasteiger partial charge on any atom is -0.394 e. The molecule has 2 N–H and O–H groups in total. The fraction of sp³-hybridized carbons (Fsp3) is 0.606. The first kappa shape index (κ1) is 30.9. The third kappa shape index (κ3) is 4.92. The number of fused-ring (bicyclic) bond motifs is 3. The van der Waals surface area contributed by atoms with Crippen molar-refractivity contribution in [1.29, 1.82) is 0 Å². The standard InChI is InChI=1S/C33H39Cl2FN2O5/c1-31(2)7-9-32(10-8-31)15-21(24(40)12-18-13-25(42-3)26(16-39)43-17-18)27(20-6-11-37-29(35)28(20)36)33(32)22-5-4-19(34)14-23(22)38-30(33)41/h4-6,11,14,18,21,25-27,39H,7-10,12-13,15-17H2,1-3H3,(H,38,41)/t18-,21+,25-,26-,27+,33-/m1/s1. The highest BCUT2D eigenvalue weighted by Gasteiger charge is 2.72. The summed E-state index contributed by atoms with van der Waals surface area (Å²) in [7, 11) is 1.57. The number of hydrogen-bond acceptors (Lipinski definition) is 6. The lowest BCUT2D eigenvalue weighted by Crippen LogP contribution is -2.52. The Morgan fingerprint density at radius 3 is 2.65 bits per heavy atom. The quantitative estimate of drug-likeness (QED) is 0.354. The zero-order valence-corrected chi connectivity index (χ0v) is 26.3. The summed E-state index contributed by atoms with van der Waals surface area (Å²) in [4.78, 5) is 33.1. The number of aliphatic hydroxyl groups excluding tert-OH is 1. The molecule has 2 spiro atoms. The Morgan fingerprint density at radius 2 is 1.95 bits per heavy atom. The van der Waals surface area contributed by atoms with E-state index in [2.05, 4.69) is 24.1 Å². The topological polar surface area (TPSA) is 97.8 Å². The van der Waals surface area contributed by atoms with Crippen molar-refractivity contribution < 1.29 is 28.6 Å². The predicted octanol–water partition coefficient (Wildman–Crippen LogP) is 6.48. The van der Waals surface area contributed by atoms with Gasteiger partial charge in [0.2, 0.25) is 5.91 Å². The molecule has 6 rings (SSSR count). The monoisotopic (exact) mass is 632 g/mol. The fourth-order valence-electron chi connectivity index (χ4n) is 8.81. The Balaban J connectivity index is 1.49. The van der Waals surface area contributed by atoms with Crippen LogP contribution in [0.2, 0.25) is 10.2 Å². The van der Waals surface area contributed by atoms with Crippen molar-refractivity contribution in [2.45, 2.75) is 82.3 Å². The molecule has 6 atom stereocenters. The summed E-state index contributed by atoms with van der Waals surface area (Å²) in [5.41, 5.74) is -0.0770. The maximum atomic E-state index is 16.1. The second kappa shape index (κ2) is 11.4. The summed E-state index contributed by atoms with van der Waals surface area (Å²) in [6, 6.07) is 6.98. The third-order valence-electron chi connectivity index (χ3n) is 11.0. The number of halogens is 3. The van der Waals surface area contributed by atoms with E-state index in [4.69, 9.17) is 32.7 Å². The summed E-state index contributed by atoms with van der Waals surface area (Å²) in [5.74, 6) is -2.51. The molecule has 232 valence electrons. The number of rotatable bonds is 6. The molecule has 4 aliphatic rings. The van der Waals surface area contributed by atoms with Gasteiger partial charge in [-0.1, -0.05) is 43.1 Å². The van der Waals surface area contributed by atoms with Gasteiger partial charge in [0.15, 0.2) is 11.0 Å². The van der Waals surface area contributed by atoms with Crippen LogP contribution in [0.1, 0.15) is 75.8 Å². The minimum absolute atomic E-state index is 0.0282. The van der Waals surface area contributed by atoms with Crippen LogP contribution < -0.4 is 5.32 Å². The molecule has 0 unspecified atom stereocenters. The van der Waals surface area contributed by atoms with Gasteiger partial charge in [0, 0.05) is 42.3 Å². The van der Waals surface area contributed by atoms with Crippen LogP contribution >= 0.6 is 23.2 Å². The zero-order chi connectivity index (χ0) is 30.7. The van der Waals surface area contributed by atoms with Crippen LogP contribution in [0, 0.1) is 28.5 Å². The lowest BCUT2D eigenvalue weighted by Gasteiger charge is -2.51. The highest BCUT2D eigenvalue weighted by molar-refractivity contribution is 6.31. The van der Waals surface area contributed by atoms with Crippen molar-refractivity contribution in [1.82, 2.24) is 4.98 Å². The molecule has 3 heterocycles. The second-order valence-electron chi connectivity index (χ2n) is 13.8. The number of benzene rings is 1. The number of hydrogen-bond donors (Lipinski definition) is 2. The van der Waals surface area contributed by atoms with E-state index < -0.39 is 34.6 Å². The number of ether oxygens (including phenoxy) is 2. The van der Waals surface area contributed by atoms with E-state index in [1.54, 1.807) is 25.3 Å². The van der Waals surface area contributed by atoms with Gasteiger partial charge in [-0.05, 0) is 84.6 Å². The van der Waals surface area contributed by atoms with Crippen molar-refractivity contribution in [3.8, 4) is 0 Å².